The summed E-state index contributed by atoms with van der Waals surface area (Å²) in [5.74, 6) is 1.05. The highest BCUT2D eigenvalue weighted by molar-refractivity contribution is 7.08. The average molecular weight is 353 g/mol. The Balaban J connectivity index is 1.37. The van der Waals surface area contributed by atoms with E-state index >= 15 is 0 Å². The van der Waals surface area contributed by atoms with Crippen LogP contribution in [-0.2, 0) is 24.1 Å². The molecule has 5 nitrogen and oxygen atoms in total. The van der Waals surface area contributed by atoms with Crippen molar-refractivity contribution in [3.63, 3.8) is 0 Å². The van der Waals surface area contributed by atoms with Crippen LogP contribution in [0.25, 0.3) is 11.4 Å². The lowest BCUT2D eigenvalue weighted by atomic mass is 9.90. The molecule has 0 radical (unpaired) electrons. The fourth-order valence-corrected chi connectivity index (χ4v) is 3.83. The average Bonchev–Trinajstić information content (AvgIpc) is 3.32. The van der Waals surface area contributed by atoms with Gasteiger partial charge in [-0.25, -0.2) is 0 Å². The van der Waals surface area contributed by atoms with E-state index in [4.69, 9.17) is 4.52 Å². The first kappa shape index (κ1) is 16.0. The van der Waals surface area contributed by atoms with Crippen LogP contribution in [0.15, 0.2) is 39.5 Å². The van der Waals surface area contributed by atoms with Crippen LogP contribution in [0.1, 0.15) is 36.3 Å². The summed E-state index contributed by atoms with van der Waals surface area (Å²) in [5.41, 5.74) is 4.55. The second-order valence-corrected chi connectivity index (χ2v) is 7.00. The molecule has 0 saturated heterocycles. The van der Waals surface area contributed by atoms with E-state index in [0.717, 1.165) is 24.1 Å². The minimum atomic E-state index is -0.0192. The molecule has 1 aliphatic carbocycles. The van der Waals surface area contributed by atoms with Crippen LogP contribution in [0.4, 0.5) is 5.69 Å². The normalized spacial score (nSPS) is 13.4. The van der Waals surface area contributed by atoms with Gasteiger partial charge in [-0.05, 0) is 54.3 Å². The summed E-state index contributed by atoms with van der Waals surface area (Å²) < 4.78 is 5.24. The standard InChI is InChI=1S/C19H19N3O2S/c23-17(20-16-7-3-5-13-4-1-2-6-15(13)16)8-9-18-21-19(22-24-18)14-10-11-25-12-14/h3,5,7,10-12H,1-2,4,6,8-9H2,(H,20,23). The van der Waals surface area contributed by atoms with Gasteiger partial charge >= 0.3 is 0 Å². The molecule has 0 atom stereocenters. The lowest BCUT2D eigenvalue weighted by molar-refractivity contribution is -0.116. The molecule has 6 heteroatoms. The van der Waals surface area contributed by atoms with E-state index in [1.54, 1.807) is 11.3 Å². The predicted octanol–water partition coefficient (Wildman–Crippen LogP) is 4.25. The van der Waals surface area contributed by atoms with Crippen LogP contribution in [-0.4, -0.2) is 16.0 Å². The van der Waals surface area contributed by atoms with Crippen molar-refractivity contribution in [2.24, 2.45) is 0 Å². The molecule has 3 aromatic rings. The Morgan fingerprint density at radius 3 is 3.04 bits per heavy atom. The molecule has 0 spiro atoms. The highest BCUT2D eigenvalue weighted by Crippen LogP contribution is 2.28. The number of fused-ring (bicyclic) bond motifs is 1. The molecule has 128 valence electrons. The van der Waals surface area contributed by atoms with Gasteiger partial charge < -0.3 is 9.84 Å². The van der Waals surface area contributed by atoms with E-state index in [-0.39, 0.29) is 5.91 Å². The first-order chi connectivity index (χ1) is 12.3. The monoisotopic (exact) mass is 353 g/mol. The van der Waals surface area contributed by atoms with Gasteiger partial charge in [-0.2, -0.15) is 16.3 Å². The van der Waals surface area contributed by atoms with Crippen LogP contribution in [0, 0.1) is 0 Å². The summed E-state index contributed by atoms with van der Waals surface area (Å²) in [6.45, 7) is 0. The van der Waals surface area contributed by atoms with Gasteiger partial charge in [0.25, 0.3) is 0 Å². The molecule has 4 rings (SSSR count). The third-order valence-electron chi connectivity index (χ3n) is 4.48. The molecule has 0 aliphatic heterocycles. The van der Waals surface area contributed by atoms with Gasteiger partial charge in [0.2, 0.25) is 17.6 Å². The number of nitrogens with one attached hydrogen (secondary N) is 1. The number of carbonyl (C=O) groups is 1. The number of anilines is 1. The van der Waals surface area contributed by atoms with Crippen LogP contribution >= 0.6 is 11.3 Å². The van der Waals surface area contributed by atoms with Crippen molar-refractivity contribution >= 4 is 22.9 Å². The van der Waals surface area contributed by atoms with E-state index in [1.165, 1.54) is 24.0 Å². The molecule has 0 saturated carbocycles. The van der Waals surface area contributed by atoms with Crippen molar-refractivity contribution in [3.8, 4) is 11.4 Å². The molecule has 1 aliphatic rings. The molecule has 25 heavy (non-hydrogen) atoms. The second kappa shape index (κ2) is 7.19. The van der Waals surface area contributed by atoms with Crippen molar-refractivity contribution in [2.45, 2.75) is 38.5 Å². The minimum Gasteiger partial charge on any atom is -0.339 e. The molecule has 2 heterocycles. The van der Waals surface area contributed by atoms with E-state index in [0.29, 0.717) is 24.6 Å². The maximum absolute atomic E-state index is 12.3. The zero-order chi connectivity index (χ0) is 17.1. The van der Waals surface area contributed by atoms with Gasteiger partial charge in [-0.1, -0.05) is 17.3 Å². The fraction of sp³-hybridized carbons (Fsp3) is 0.316. The Morgan fingerprint density at radius 1 is 1.24 bits per heavy atom. The zero-order valence-electron chi connectivity index (χ0n) is 13.8. The Bertz CT molecular complexity index is 871. The number of nitrogens with zero attached hydrogens (tertiary/aromatic N) is 2. The van der Waals surface area contributed by atoms with E-state index in [9.17, 15) is 4.79 Å². The second-order valence-electron chi connectivity index (χ2n) is 6.22. The number of hydrogen-bond donors (Lipinski definition) is 1. The maximum Gasteiger partial charge on any atom is 0.227 e. The summed E-state index contributed by atoms with van der Waals surface area (Å²) in [6.07, 6.45) is 5.33. The molecule has 2 aromatic heterocycles. The quantitative estimate of drug-likeness (QED) is 0.744. The summed E-state index contributed by atoms with van der Waals surface area (Å²) >= 11 is 1.59. The van der Waals surface area contributed by atoms with Gasteiger partial charge in [0, 0.05) is 29.5 Å². The largest absolute Gasteiger partial charge is 0.339 e. The number of thiophene rings is 1. The fourth-order valence-electron chi connectivity index (χ4n) is 3.20. The lowest BCUT2D eigenvalue weighted by Crippen LogP contribution is -2.15. The van der Waals surface area contributed by atoms with Crippen LogP contribution in [0.2, 0.25) is 0 Å². The number of benzene rings is 1. The third kappa shape index (κ3) is 3.64. The van der Waals surface area contributed by atoms with Crippen molar-refractivity contribution in [2.75, 3.05) is 5.32 Å². The predicted molar refractivity (Wildman–Crippen MR) is 97.6 cm³/mol. The number of aromatic nitrogens is 2. The number of aryl methyl sites for hydroxylation is 2. The number of amides is 1. The zero-order valence-corrected chi connectivity index (χ0v) is 14.6. The number of rotatable bonds is 5. The first-order valence-corrected chi connectivity index (χ1v) is 9.49. The topological polar surface area (TPSA) is 68.0 Å². The number of carbonyl (C=O) groups excluding carboxylic acids is 1. The molecule has 0 fully saturated rings. The van der Waals surface area contributed by atoms with Crippen LogP contribution in [0.3, 0.4) is 0 Å². The van der Waals surface area contributed by atoms with E-state index in [2.05, 4.69) is 21.5 Å². The molecule has 1 amide bonds. The molecular weight excluding hydrogens is 334 g/mol. The molecule has 0 bridgehead atoms. The van der Waals surface area contributed by atoms with Gasteiger partial charge in [-0.3, -0.25) is 4.79 Å². The summed E-state index contributed by atoms with van der Waals surface area (Å²) in [6, 6.07) is 8.12. The molecule has 1 aromatic carbocycles. The van der Waals surface area contributed by atoms with E-state index in [1.807, 2.05) is 29.0 Å². The molecule has 0 unspecified atom stereocenters. The summed E-state index contributed by atoms with van der Waals surface area (Å²) in [7, 11) is 0. The first-order valence-electron chi connectivity index (χ1n) is 8.55. The van der Waals surface area contributed by atoms with Crippen LogP contribution in [0.5, 0.6) is 0 Å². The van der Waals surface area contributed by atoms with Crippen molar-refractivity contribution in [3.05, 3.63) is 52.0 Å². The summed E-state index contributed by atoms with van der Waals surface area (Å²) in [5, 5.41) is 11.0. The summed E-state index contributed by atoms with van der Waals surface area (Å²) in [4.78, 5) is 16.7. The SMILES string of the molecule is O=C(CCc1nc(-c2ccsc2)no1)Nc1cccc2c1CCCC2. The van der Waals surface area contributed by atoms with Gasteiger partial charge in [-0.15, -0.1) is 0 Å². The molecular formula is C19H19N3O2S. The van der Waals surface area contributed by atoms with Gasteiger partial charge in [0.05, 0.1) is 0 Å². The number of hydrogen-bond acceptors (Lipinski definition) is 5. The minimum absolute atomic E-state index is 0.0192. The smallest absolute Gasteiger partial charge is 0.227 e. The Morgan fingerprint density at radius 2 is 2.16 bits per heavy atom. The van der Waals surface area contributed by atoms with Gasteiger partial charge in [0.15, 0.2) is 0 Å². The molecule has 1 N–H and O–H groups in total. The van der Waals surface area contributed by atoms with Crippen molar-refractivity contribution in [1.82, 2.24) is 10.1 Å². The van der Waals surface area contributed by atoms with Crippen molar-refractivity contribution in [1.29, 1.82) is 0 Å². The van der Waals surface area contributed by atoms with Crippen molar-refractivity contribution < 1.29 is 9.32 Å². The Labute approximate surface area is 150 Å². The Hall–Kier alpha value is -2.47. The third-order valence-corrected chi connectivity index (χ3v) is 5.17. The van der Waals surface area contributed by atoms with Crippen LogP contribution < -0.4 is 5.32 Å². The highest BCUT2D eigenvalue weighted by atomic mass is 32.1. The van der Waals surface area contributed by atoms with Gasteiger partial charge in [0.1, 0.15) is 0 Å². The highest BCUT2D eigenvalue weighted by Gasteiger charge is 2.15. The van der Waals surface area contributed by atoms with E-state index < -0.39 is 0 Å². The Kier molecular flexibility index (Phi) is 4.61. The maximum atomic E-state index is 12.3. The lowest BCUT2D eigenvalue weighted by Gasteiger charge is -2.19.